The Morgan fingerprint density at radius 3 is 2.56 bits per heavy atom. The van der Waals surface area contributed by atoms with Gasteiger partial charge in [-0.1, -0.05) is 11.6 Å². The Balaban J connectivity index is 2.06. The lowest BCUT2D eigenvalue weighted by Crippen LogP contribution is -2.33. The predicted octanol–water partition coefficient (Wildman–Crippen LogP) is 1.73. The van der Waals surface area contributed by atoms with E-state index in [9.17, 15) is 5.11 Å². The summed E-state index contributed by atoms with van der Waals surface area (Å²) in [4.78, 5) is 10.4. The minimum absolute atomic E-state index is 0.270. The average molecular weight is 242 g/mol. The molecule has 2 rings (SSSR count). The van der Waals surface area contributed by atoms with Crippen molar-refractivity contribution in [3.63, 3.8) is 0 Å². The van der Waals surface area contributed by atoms with E-state index in [1.54, 1.807) is 12.4 Å². The van der Waals surface area contributed by atoms with Gasteiger partial charge in [-0.25, -0.2) is 9.97 Å². The number of anilines is 1. The zero-order chi connectivity index (χ0) is 11.8. The number of rotatable bonds is 2. The fourth-order valence-corrected chi connectivity index (χ4v) is 2.08. The van der Waals surface area contributed by atoms with Crippen LogP contribution in [0.15, 0.2) is 12.4 Å². The molecule has 1 N–H and O–H groups in total. The van der Waals surface area contributed by atoms with Gasteiger partial charge in [-0.15, -0.1) is 0 Å². The van der Waals surface area contributed by atoms with E-state index >= 15 is 0 Å². The molecule has 1 aliphatic heterocycles. The second-order valence-corrected chi connectivity index (χ2v) is 5.22. The van der Waals surface area contributed by atoms with Gasteiger partial charge in [-0.05, 0) is 20.3 Å². The quantitative estimate of drug-likeness (QED) is 0.857. The second-order valence-electron chi connectivity index (χ2n) is 4.79. The molecule has 0 amide bonds. The smallest absolute Gasteiger partial charge is 0.225 e. The summed E-state index contributed by atoms with van der Waals surface area (Å²) in [6.07, 6.45) is 4.16. The van der Waals surface area contributed by atoms with Gasteiger partial charge in [0.05, 0.1) is 23.0 Å². The number of nitrogens with zero attached hydrogens (tertiary/aromatic N) is 3. The Hall–Kier alpha value is -0.870. The van der Waals surface area contributed by atoms with E-state index < -0.39 is 5.60 Å². The zero-order valence-corrected chi connectivity index (χ0v) is 10.3. The molecule has 0 saturated carbocycles. The van der Waals surface area contributed by atoms with Crippen molar-refractivity contribution >= 4 is 17.5 Å². The van der Waals surface area contributed by atoms with Crippen LogP contribution in [0.25, 0.3) is 0 Å². The molecule has 0 bridgehead atoms. The van der Waals surface area contributed by atoms with E-state index in [2.05, 4.69) is 14.9 Å². The number of hydrogen-bond acceptors (Lipinski definition) is 4. The maximum atomic E-state index is 9.94. The first-order valence-electron chi connectivity index (χ1n) is 5.41. The van der Waals surface area contributed by atoms with Crippen molar-refractivity contribution in [2.24, 2.45) is 5.92 Å². The molecule has 0 aromatic carbocycles. The van der Waals surface area contributed by atoms with Crippen molar-refractivity contribution in [1.29, 1.82) is 0 Å². The van der Waals surface area contributed by atoms with Gasteiger partial charge in [0.25, 0.3) is 0 Å². The Labute approximate surface area is 100 Å². The van der Waals surface area contributed by atoms with Crippen LogP contribution < -0.4 is 4.90 Å². The first kappa shape index (κ1) is 11.6. The standard InChI is InChI=1S/C11H16ClN3O/c1-11(2,16)8-3-4-15(7-8)10-13-5-9(12)6-14-10/h5-6,8,16H,3-4,7H2,1-2H3/t8-/m1/s1. The topological polar surface area (TPSA) is 49.2 Å². The highest BCUT2D eigenvalue weighted by Crippen LogP contribution is 2.28. The summed E-state index contributed by atoms with van der Waals surface area (Å²) in [7, 11) is 0. The van der Waals surface area contributed by atoms with Gasteiger partial charge in [0.15, 0.2) is 0 Å². The lowest BCUT2D eigenvalue weighted by Gasteiger charge is -2.25. The van der Waals surface area contributed by atoms with Crippen molar-refractivity contribution in [2.75, 3.05) is 18.0 Å². The molecule has 4 nitrogen and oxygen atoms in total. The number of hydrogen-bond donors (Lipinski definition) is 1. The molecule has 0 spiro atoms. The van der Waals surface area contributed by atoms with Crippen LogP contribution in [0.4, 0.5) is 5.95 Å². The van der Waals surface area contributed by atoms with Gasteiger partial charge in [-0.2, -0.15) is 0 Å². The number of halogens is 1. The van der Waals surface area contributed by atoms with E-state index in [0.717, 1.165) is 19.5 Å². The van der Waals surface area contributed by atoms with Crippen LogP contribution in [0.1, 0.15) is 20.3 Å². The maximum Gasteiger partial charge on any atom is 0.225 e. The Bertz CT molecular complexity index is 360. The van der Waals surface area contributed by atoms with Gasteiger partial charge >= 0.3 is 0 Å². The summed E-state index contributed by atoms with van der Waals surface area (Å²) in [6.45, 7) is 5.38. The molecule has 1 atom stereocenters. The lowest BCUT2D eigenvalue weighted by molar-refractivity contribution is 0.0263. The van der Waals surface area contributed by atoms with Crippen LogP contribution in [0.2, 0.25) is 5.02 Å². The normalized spacial score (nSPS) is 21.5. The van der Waals surface area contributed by atoms with Crippen LogP contribution in [-0.2, 0) is 0 Å². The number of aliphatic hydroxyl groups is 1. The first-order chi connectivity index (χ1) is 7.47. The van der Waals surface area contributed by atoms with Crippen LogP contribution >= 0.6 is 11.6 Å². The van der Waals surface area contributed by atoms with E-state index in [1.165, 1.54) is 0 Å². The molecule has 88 valence electrons. The van der Waals surface area contributed by atoms with E-state index in [-0.39, 0.29) is 5.92 Å². The van der Waals surface area contributed by atoms with Crippen LogP contribution in [0.5, 0.6) is 0 Å². The molecule has 1 fully saturated rings. The van der Waals surface area contributed by atoms with Crippen LogP contribution in [0, 0.1) is 5.92 Å². The summed E-state index contributed by atoms with van der Waals surface area (Å²) < 4.78 is 0. The highest BCUT2D eigenvalue weighted by Gasteiger charge is 2.34. The Morgan fingerprint density at radius 1 is 1.44 bits per heavy atom. The molecule has 2 heterocycles. The Kier molecular flexibility index (Phi) is 3.04. The van der Waals surface area contributed by atoms with Crippen molar-refractivity contribution in [3.05, 3.63) is 17.4 Å². The average Bonchev–Trinajstić information content (AvgIpc) is 2.67. The molecule has 0 unspecified atom stereocenters. The van der Waals surface area contributed by atoms with Crippen molar-refractivity contribution in [3.8, 4) is 0 Å². The van der Waals surface area contributed by atoms with Gasteiger partial charge in [0.1, 0.15) is 0 Å². The minimum atomic E-state index is -0.638. The fourth-order valence-electron chi connectivity index (χ4n) is 1.99. The highest BCUT2D eigenvalue weighted by molar-refractivity contribution is 6.30. The Morgan fingerprint density at radius 2 is 2.06 bits per heavy atom. The molecular formula is C11H16ClN3O. The van der Waals surface area contributed by atoms with E-state index in [0.29, 0.717) is 11.0 Å². The zero-order valence-electron chi connectivity index (χ0n) is 9.52. The third-order valence-electron chi connectivity index (χ3n) is 3.08. The fraction of sp³-hybridized carbons (Fsp3) is 0.636. The lowest BCUT2D eigenvalue weighted by atomic mass is 9.91. The van der Waals surface area contributed by atoms with Crippen molar-refractivity contribution in [1.82, 2.24) is 9.97 Å². The SMILES string of the molecule is CC(C)(O)[C@@H]1CCN(c2ncc(Cl)cn2)C1. The summed E-state index contributed by atoms with van der Waals surface area (Å²) in [5.74, 6) is 0.961. The largest absolute Gasteiger partial charge is 0.390 e. The second kappa shape index (κ2) is 4.18. The molecule has 1 saturated heterocycles. The highest BCUT2D eigenvalue weighted by atomic mass is 35.5. The van der Waals surface area contributed by atoms with Crippen molar-refractivity contribution < 1.29 is 5.11 Å². The summed E-state index contributed by atoms with van der Waals surface area (Å²) >= 11 is 5.74. The van der Waals surface area contributed by atoms with E-state index in [4.69, 9.17) is 11.6 Å². The van der Waals surface area contributed by atoms with Crippen LogP contribution in [0.3, 0.4) is 0 Å². The third kappa shape index (κ3) is 2.44. The molecule has 16 heavy (non-hydrogen) atoms. The summed E-state index contributed by atoms with van der Waals surface area (Å²) in [6, 6.07) is 0. The summed E-state index contributed by atoms with van der Waals surface area (Å²) in [5, 5.41) is 10.5. The minimum Gasteiger partial charge on any atom is -0.390 e. The molecule has 1 aromatic rings. The van der Waals surface area contributed by atoms with Gasteiger partial charge < -0.3 is 10.0 Å². The number of aromatic nitrogens is 2. The predicted molar refractivity (Wildman–Crippen MR) is 63.7 cm³/mol. The monoisotopic (exact) mass is 241 g/mol. The van der Waals surface area contributed by atoms with Gasteiger partial charge in [0.2, 0.25) is 5.95 Å². The molecular weight excluding hydrogens is 226 g/mol. The van der Waals surface area contributed by atoms with E-state index in [1.807, 2.05) is 13.8 Å². The molecule has 0 aliphatic carbocycles. The third-order valence-corrected chi connectivity index (χ3v) is 3.27. The van der Waals surface area contributed by atoms with Gasteiger partial charge in [0, 0.05) is 19.0 Å². The van der Waals surface area contributed by atoms with Crippen LogP contribution in [-0.4, -0.2) is 33.8 Å². The molecule has 1 aliphatic rings. The first-order valence-corrected chi connectivity index (χ1v) is 5.79. The molecule has 5 heteroatoms. The van der Waals surface area contributed by atoms with Crippen molar-refractivity contribution in [2.45, 2.75) is 25.9 Å². The summed E-state index contributed by atoms with van der Waals surface area (Å²) in [5.41, 5.74) is -0.638. The van der Waals surface area contributed by atoms with Gasteiger partial charge in [-0.3, -0.25) is 0 Å². The molecule has 0 radical (unpaired) electrons. The molecule has 1 aromatic heterocycles. The maximum absolute atomic E-state index is 9.94.